The van der Waals surface area contributed by atoms with Gasteiger partial charge in [-0.15, -0.1) is 22.7 Å². The molecule has 1 saturated heterocycles. The molecular weight excluding hydrogens is 982 g/mol. The second kappa shape index (κ2) is 22.7. The van der Waals surface area contributed by atoms with E-state index in [1.165, 1.54) is 53.2 Å². The van der Waals surface area contributed by atoms with Crippen LogP contribution in [0.4, 0.5) is 22.4 Å². The van der Waals surface area contributed by atoms with Crippen LogP contribution in [0.15, 0.2) is 96.0 Å². The van der Waals surface area contributed by atoms with Gasteiger partial charge < -0.3 is 34.0 Å². The molecule has 1 aliphatic rings. The highest BCUT2D eigenvalue weighted by Crippen LogP contribution is 2.64. The number of fused-ring (bicyclic) bond motifs is 2. The molecule has 3 N–H and O–H groups in total. The number of halogens is 5. The second-order valence-electron chi connectivity index (χ2n) is 14.8. The van der Waals surface area contributed by atoms with Gasteiger partial charge in [0.2, 0.25) is 18.6 Å². The Morgan fingerprint density at radius 3 is 1.94 bits per heavy atom. The predicted molar refractivity (Wildman–Crippen MR) is 249 cm³/mol. The summed E-state index contributed by atoms with van der Waals surface area (Å²) in [6.07, 6.45) is 4.11. The van der Waals surface area contributed by atoms with Gasteiger partial charge in [0.25, 0.3) is 0 Å². The molecule has 0 saturated carbocycles. The summed E-state index contributed by atoms with van der Waals surface area (Å²) >= 11 is 8.80. The molecule has 4 aromatic carbocycles. The monoisotopic (exact) mass is 1020 g/mol. The third kappa shape index (κ3) is 13.3. The zero-order chi connectivity index (χ0) is 48.5. The Bertz CT molecular complexity index is 2940. The molecule has 0 radical (unpaired) electrons. The third-order valence-corrected chi connectivity index (χ3v) is 15.6. The topological polar surface area (TPSA) is 176 Å². The molecule has 3 unspecified atom stereocenters. The number of ether oxygens (including phenoxy) is 2. The van der Waals surface area contributed by atoms with Crippen molar-refractivity contribution in [3.8, 4) is 0 Å². The smallest absolute Gasteiger partial charge is 0.432 e. The lowest BCUT2D eigenvalue weighted by Crippen LogP contribution is -2.28. The molecule has 67 heavy (non-hydrogen) atoms. The van der Waals surface area contributed by atoms with Gasteiger partial charge in [-0.3, -0.25) is 23.2 Å². The first kappa shape index (κ1) is 51.2. The molecule has 6 aromatic rings. The number of amides is 2. The Morgan fingerprint density at radius 1 is 0.806 bits per heavy atom. The molecule has 7 rings (SSSR count). The molecule has 0 spiro atoms. The molecule has 3 heterocycles. The molecule has 3 atom stereocenters. The van der Waals surface area contributed by atoms with Crippen molar-refractivity contribution in [1.82, 2.24) is 10.6 Å². The minimum absolute atomic E-state index is 0.217. The average molecular weight is 1020 g/mol. The molecule has 354 valence electrons. The van der Waals surface area contributed by atoms with Crippen LogP contribution in [0, 0.1) is 30.2 Å². The number of rotatable bonds is 14. The van der Waals surface area contributed by atoms with Crippen LogP contribution in [0.3, 0.4) is 0 Å². The molecule has 1 fully saturated rings. The van der Waals surface area contributed by atoms with Gasteiger partial charge in [-0.2, -0.15) is 0 Å². The van der Waals surface area contributed by atoms with E-state index < -0.39 is 80.6 Å². The van der Waals surface area contributed by atoms with Crippen LogP contribution in [-0.2, 0) is 41.8 Å². The Morgan fingerprint density at radius 2 is 1.36 bits per heavy atom. The maximum absolute atomic E-state index is 13.5. The molecule has 13 nitrogen and oxygen atoms in total. The number of aryl methyl sites for hydroxylation is 1. The fraction of sp³-hybridized carbons (Fsp3) is 0.222. The number of carbonyl (C=O) groups is 3. The number of carbonyl (C=O) groups excluding carboxylic acids is 3. The van der Waals surface area contributed by atoms with Crippen molar-refractivity contribution in [1.29, 1.82) is 0 Å². The van der Waals surface area contributed by atoms with Crippen LogP contribution in [0.5, 0.6) is 0 Å². The Kier molecular flexibility index (Phi) is 17.4. The van der Waals surface area contributed by atoms with Gasteiger partial charge in [0, 0.05) is 26.8 Å². The van der Waals surface area contributed by atoms with Crippen LogP contribution in [-0.4, -0.2) is 49.0 Å². The van der Waals surface area contributed by atoms with Crippen molar-refractivity contribution >= 4 is 99.8 Å². The minimum Gasteiger partial charge on any atom is -0.432 e. The van der Waals surface area contributed by atoms with Crippen molar-refractivity contribution in [3.05, 3.63) is 152 Å². The summed E-state index contributed by atoms with van der Waals surface area (Å²) in [5, 5.41) is 10.0. The van der Waals surface area contributed by atoms with Gasteiger partial charge in [0.15, 0.2) is 34.6 Å². The van der Waals surface area contributed by atoms with Crippen molar-refractivity contribution in [2.75, 3.05) is 20.0 Å². The molecule has 0 bridgehead atoms. The van der Waals surface area contributed by atoms with Crippen molar-refractivity contribution in [3.63, 3.8) is 0 Å². The predicted octanol–water partition coefficient (Wildman–Crippen LogP) is 12.3. The van der Waals surface area contributed by atoms with Gasteiger partial charge in [-0.05, 0) is 132 Å². The number of hydrogen-bond donors (Lipinski definition) is 3. The van der Waals surface area contributed by atoms with Crippen molar-refractivity contribution < 1.29 is 69.0 Å². The van der Waals surface area contributed by atoms with Gasteiger partial charge >= 0.3 is 21.3 Å². The van der Waals surface area contributed by atoms with Crippen molar-refractivity contribution in [2.45, 2.75) is 44.6 Å². The summed E-state index contributed by atoms with van der Waals surface area (Å²) in [6, 6.07) is 17.2. The normalized spacial score (nSPS) is 15.5. The largest absolute Gasteiger partial charge is 0.510 e. The summed E-state index contributed by atoms with van der Waals surface area (Å²) in [5.74, 6) is -5.55. The highest BCUT2D eigenvalue weighted by Gasteiger charge is 2.45. The highest BCUT2D eigenvalue weighted by molar-refractivity contribution is 7.55. The molecular formula is C45H41ClF4N2O11P2S2. The van der Waals surface area contributed by atoms with Crippen LogP contribution in [0.1, 0.15) is 59.4 Å². The van der Waals surface area contributed by atoms with E-state index >= 15 is 0 Å². The highest BCUT2D eigenvalue weighted by atomic mass is 35.5. The van der Waals surface area contributed by atoms with E-state index in [2.05, 4.69) is 15.4 Å². The summed E-state index contributed by atoms with van der Waals surface area (Å²) in [7, 11) is -8.57. The summed E-state index contributed by atoms with van der Waals surface area (Å²) in [6.45, 7) is 4.54. The van der Waals surface area contributed by atoms with E-state index in [-0.39, 0.29) is 24.3 Å². The van der Waals surface area contributed by atoms with Crippen LogP contribution < -0.4 is 10.6 Å². The number of benzene rings is 4. The lowest BCUT2D eigenvalue weighted by Gasteiger charge is -2.29. The van der Waals surface area contributed by atoms with Gasteiger partial charge in [0.05, 0.1) is 19.3 Å². The van der Waals surface area contributed by atoms with Crippen LogP contribution in [0.2, 0.25) is 5.02 Å². The number of thiophene rings is 2. The standard InChI is InChI=1S/C24H24F2NO7PS.C21H17ClF2NO4PS/c1-14(2)34-24(29)32-13-33-35(30,31)22(18-12-36-21-7-4-15(3)10-17(18)21)23(28)27-9-8-16-5-6-19(25)20(26)11-16;22-14-3-5-19-15(11-14)16(12-31-19)20(30(27)28-8-1-9-29-30)21(26)25-7-6-13-2-4-17(23)18(24)10-13/h4-12,14,22H,13H2,1-3H3,(H,27,28)(H,30,31);2-7,10-12,20H,1,8-9H2,(H,25,26)/b9-8+;7-6+. The van der Waals surface area contributed by atoms with E-state index in [0.717, 1.165) is 45.4 Å². The quantitative estimate of drug-likeness (QED) is 0.0410. The average Bonchev–Trinajstić information content (AvgIpc) is 3.86. The number of nitrogens with one attached hydrogen (secondary N) is 2. The first-order valence-corrected chi connectivity index (χ1v) is 25.4. The molecule has 2 amide bonds. The van der Waals surface area contributed by atoms with Crippen LogP contribution in [0.25, 0.3) is 32.3 Å². The summed E-state index contributed by atoms with van der Waals surface area (Å²) in [4.78, 5) is 48.6. The van der Waals surface area contributed by atoms with E-state index in [1.54, 1.807) is 42.8 Å². The second-order valence-corrected chi connectivity index (χ2v) is 21.1. The van der Waals surface area contributed by atoms with Gasteiger partial charge in [0.1, 0.15) is 0 Å². The fourth-order valence-corrected chi connectivity index (χ4v) is 12.1. The van der Waals surface area contributed by atoms with E-state index in [0.29, 0.717) is 33.3 Å². The lowest BCUT2D eigenvalue weighted by atomic mass is 10.1. The first-order chi connectivity index (χ1) is 31.8. The van der Waals surface area contributed by atoms with Crippen molar-refractivity contribution in [2.24, 2.45) is 0 Å². The maximum atomic E-state index is 13.5. The maximum Gasteiger partial charge on any atom is 0.510 e. The Labute approximate surface area is 394 Å². The van der Waals surface area contributed by atoms with E-state index in [4.69, 9.17) is 29.9 Å². The zero-order valence-electron chi connectivity index (χ0n) is 35.6. The lowest BCUT2D eigenvalue weighted by molar-refractivity contribution is -0.121. The Balaban J connectivity index is 0.000000223. The van der Waals surface area contributed by atoms with E-state index in [1.807, 2.05) is 25.1 Å². The fourth-order valence-electron chi connectivity index (χ4n) is 6.44. The minimum atomic E-state index is -4.77. The SMILES string of the molecule is Cc1ccc2scc(C(C(=O)N/C=C/c3ccc(F)c(F)c3)P(=O)(O)OCOC(=O)OC(C)C)c2c1.O=C(N/C=C/c1ccc(F)c(F)c1)C(c1csc2ccc(Cl)cc12)P1(=O)OCCCO1. The van der Waals surface area contributed by atoms with Crippen LogP contribution >= 0.6 is 49.5 Å². The van der Waals surface area contributed by atoms with Gasteiger partial charge in [-0.1, -0.05) is 41.4 Å². The summed E-state index contributed by atoms with van der Waals surface area (Å²) < 4.78 is 107. The summed E-state index contributed by atoms with van der Waals surface area (Å²) in [5.41, 5.74) is -0.697. The van der Waals surface area contributed by atoms with Gasteiger partial charge in [-0.25, -0.2) is 22.4 Å². The molecule has 2 aromatic heterocycles. The molecule has 22 heteroatoms. The third-order valence-electron chi connectivity index (χ3n) is 9.52. The zero-order valence-corrected chi connectivity index (χ0v) is 39.8. The molecule has 0 aliphatic carbocycles. The first-order valence-electron chi connectivity index (χ1n) is 20.0. The van der Waals surface area contributed by atoms with E-state index in [9.17, 15) is 46.0 Å². The molecule has 1 aliphatic heterocycles. The number of hydrogen-bond acceptors (Lipinski definition) is 12. The Hall–Kier alpha value is -5.20.